The van der Waals surface area contributed by atoms with Crippen molar-refractivity contribution in [2.75, 3.05) is 37.7 Å². The number of aromatic nitrogens is 2. The molecule has 3 aromatic rings. The summed E-state index contributed by atoms with van der Waals surface area (Å²) in [5.41, 5.74) is 4.51. The Hall–Kier alpha value is -3.25. The molecule has 0 unspecified atom stereocenters. The number of carbonyl (C=O) groups is 1. The number of halogens is 1. The predicted molar refractivity (Wildman–Crippen MR) is 201 cm³/mol. The standard InChI is InChI=1S/C40H50ClN5O5S/c1-26-5-3-15-40(48,23-45-16-13-30-19-42-25-43-35(30)21-45)34-10-7-31(34)20-46-22-39(14-4-6-28-17-32(41)9-11-33(28)39)24-51-37-12-8-29(18-36(37)46)38(47)44-52(49,50)27(26)2/h8-9,11-12,17-19,25-27,31,34,48H,3-7,10,13-16,20-24H2,1-2H3,(H,44,47)/t26-,27+,31-,34+,39-,40+/m0/s1. The average molecular weight is 748 g/mol. The average Bonchev–Trinajstić information content (AvgIpc) is 3.25. The number of rotatable bonds is 2. The number of amides is 1. The number of hydrogen-bond acceptors (Lipinski definition) is 9. The van der Waals surface area contributed by atoms with E-state index in [4.69, 9.17) is 16.3 Å². The minimum Gasteiger partial charge on any atom is -0.490 e. The number of hydrogen-bond donors (Lipinski definition) is 2. The number of ether oxygens (including phenoxy) is 1. The second-order valence-corrected chi connectivity index (χ2v) is 18.8. The van der Waals surface area contributed by atoms with Crippen LogP contribution >= 0.6 is 11.6 Å². The van der Waals surface area contributed by atoms with Crippen LogP contribution in [0.15, 0.2) is 48.9 Å². The number of β-amino-alcohol motifs (C(OH)–C–C–N with tert-alkyl or cyclic N) is 1. The summed E-state index contributed by atoms with van der Waals surface area (Å²) in [6.45, 7) is 7.50. The van der Waals surface area contributed by atoms with E-state index in [-0.39, 0.29) is 28.7 Å². The van der Waals surface area contributed by atoms with Gasteiger partial charge in [-0.15, -0.1) is 0 Å². The number of nitrogens with zero attached hydrogens (tertiary/aromatic N) is 4. The molecule has 1 spiro atoms. The molecule has 10 nitrogen and oxygen atoms in total. The summed E-state index contributed by atoms with van der Waals surface area (Å²) in [6.07, 6.45) is 11.1. The molecule has 278 valence electrons. The van der Waals surface area contributed by atoms with Crippen molar-refractivity contribution in [1.82, 2.24) is 19.6 Å². The van der Waals surface area contributed by atoms with Crippen LogP contribution in [0.4, 0.5) is 5.69 Å². The monoisotopic (exact) mass is 747 g/mol. The van der Waals surface area contributed by atoms with Crippen LogP contribution in [0.2, 0.25) is 5.02 Å². The molecular weight excluding hydrogens is 698 g/mol. The third-order valence-electron chi connectivity index (χ3n) is 13.1. The Labute approximate surface area is 312 Å². The highest BCUT2D eigenvalue weighted by Gasteiger charge is 2.49. The van der Waals surface area contributed by atoms with Crippen LogP contribution in [-0.2, 0) is 34.8 Å². The molecule has 0 saturated heterocycles. The molecule has 1 saturated carbocycles. The molecule has 1 aromatic heterocycles. The largest absolute Gasteiger partial charge is 0.490 e. The molecule has 0 radical (unpaired) electrons. The number of anilines is 1. The van der Waals surface area contributed by atoms with E-state index in [2.05, 4.69) is 36.6 Å². The number of fused-ring (bicyclic) bond motifs is 5. The van der Waals surface area contributed by atoms with Gasteiger partial charge in [-0.2, -0.15) is 0 Å². The van der Waals surface area contributed by atoms with Gasteiger partial charge in [-0.05, 0) is 123 Å². The maximum atomic E-state index is 13.6. The Bertz CT molecular complexity index is 1960. The first-order valence-electron chi connectivity index (χ1n) is 19.0. The molecule has 1 fully saturated rings. The molecule has 4 heterocycles. The van der Waals surface area contributed by atoms with Gasteiger partial charge < -0.3 is 14.7 Å². The Balaban J connectivity index is 1.17. The Morgan fingerprint density at radius 1 is 1.06 bits per heavy atom. The van der Waals surface area contributed by atoms with Crippen molar-refractivity contribution in [3.63, 3.8) is 0 Å². The van der Waals surface area contributed by atoms with Crippen molar-refractivity contribution >= 4 is 33.2 Å². The molecule has 5 aliphatic rings. The fraction of sp³-hybridized carbons (Fsp3) is 0.575. The van der Waals surface area contributed by atoms with Gasteiger partial charge in [0, 0.05) is 54.9 Å². The fourth-order valence-corrected chi connectivity index (χ4v) is 11.3. The fourth-order valence-electron chi connectivity index (χ4n) is 9.79. The first-order valence-corrected chi connectivity index (χ1v) is 20.9. The van der Waals surface area contributed by atoms with Crippen molar-refractivity contribution in [3.8, 4) is 5.75 Å². The summed E-state index contributed by atoms with van der Waals surface area (Å²) in [4.78, 5) is 27.1. The van der Waals surface area contributed by atoms with Gasteiger partial charge in [0.15, 0.2) is 0 Å². The summed E-state index contributed by atoms with van der Waals surface area (Å²) < 4.78 is 36.2. The SMILES string of the molecule is C[C@@H]1[C@@H](C)CCC[C@@](O)(CN2CCc3cncnc3C2)[C@@H]2CC[C@H]2CN2C[C@@]3(CCCc4cc(Cl)ccc43)COc3ccc(cc32)C(=O)NS1(=O)=O. The molecule has 52 heavy (non-hydrogen) atoms. The molecule has 8 rings (SSSR count). The zero-order valence-electron chi connectivity index (χ0n) is 30.2. The van der Waals surface area contributed by atoms with Crippen molar-refractivity contribution in [1.29, 1.82) is 0 Å². The molecule has 12 heteroatoms. The molecule has 6 atom stereocenters. The highest BCUT2D eigenvalue weighted by Crippen LogP contribution is 2.49. The van der Waals surface area contributed by atoms with E-state index < -0.39 is 26.8 Å². The lowest BCUT2D eigenvalue weighted by Crippen LogP contribution is -2.57. The van der Waals surface area contributed by atoms with E-state index in [1.54, 1.807) is 25.4 Å². The normalized spacial score (nSPS) is 31.9. The van der Waals surface area contributed by atoms with Crippen LogP contribution in [0, 0.1) is 17.8 Å². The lowest BCUT2D eigenvalue weighted by molar-refractivity contribution is -0.107. The molecule has 2 aliphatic carbocycles. The summed E-state index contributed by atoms with van der Waals surface area (Å²) in [7, 11) is -3.96. The smallest absolute Gasteiger partial charge is 0.264 e. The number of nitrogens with one attached hydrogen (secondary N) is 1. The number of aryl methyl sites for hydroxylation is 1. The minimum absolute atomic E-state index is 0.0659. The first kappa shape index (κ1) is 35.8. The van der Waals surface area contributed by atoms with Gasteiger partial charge in [0.05, 0.1) is 28.8 Å². The number of benzene rings is 2. The van der Waals surface area contributed by atoms with E-state index >= 15 is 0 Å². The van der Waals surface area contributed by atoms with Gasteiger partial charge in [-0.3, -0.25) is 9.69 Å². The molecule has 3 aliphatic heterocycles. The summed E-state index contributed by atoms with van der Waals surface area (Å²) in [6, 6.07) is 11.5. The minimum atomic E-state index is -3.96. The van der Waals surface area contributed by atoms with Crippen LogP contribution in [0.25, 0.3) is 0 Å². The lowest BCUT2D eigenvalue weighted by Gasteiger charge is -2.51. The van der Waals surface area contributed by atoms with Crippen LogP contribution < -0.4 is 14.4 Å². The number of carbonyl (C=O) groups excluding carboxylic acids is 1. The van der Waals surface area contributed by atoms with E-state index in [0.717, 1.165) is 61.5 Å². The second kappa shape index (κ2) is 13.9. The van der Waals surface area contributed by atoms with Crippen LogP contribution in [0.1, 0.15) is 91.5 Å². The molecule has 2 N–H and O–H groups in total. The second-order valence-electron chi connectivity index (χ2n) is 16.3. The molecule has 1 amide bonds. The van der Waals surface area contributed by atoms with Crippen molar-refractivity contribution in [2.45, 2.75) is 94.4 Å². The van der Waals surface area contributed by atoms with Gasteiger partial charge in [0.2, 0.25) is 10.0 Å². The third-order valence-corrected chi connectivity index (χ3v) is 15.3. The Kier molecular flexibility index (Phi) is 9.54. The van der Waals surface area contributed by atoms with Crippen molar-refractivity contribution in [2.24, 2.45) is 17.8 Å². The highest BCUT2D eigenvalue weighted by molar-refractivity contribution is 7.90. The molecular formula is C40H50ClN5O5S. The highest BCUT2D eigenvalue weighted by atomic mass is 35.5. The maximum Gasteiger partial charge on any atom is 0.264 e. The summed E-state index contributed by atoms with van der Waals surface area (Å²) in [5.74, 6) is 0.132. The first-order chi connectivity index (χ1) is 24.9. The van der Waals surface area contributed by atoms with Gasteiger partial charge in [0.25, 0.3) is 5.91 Å². The lowest BCUT2D eigenvalue weighted by atomic mass is 9.62. The van der Waals surface area contributed by atoms with Crippen LogP contribution in [0.5, 0.6) is 5.75 Å². The van der Waals surface area contributed by atoms with Gasteiger partial charge >= 0.3 is 0 Å². The topological polar surface area (TPSA) is 125 Å². The number of sulfonamides is 1. The summed E-state index contributed by atoms with van der Waals surface area (Å²) >= 11 is 6.48. The van der Waals surface area contributed by atoms with Crippen LogP contribution in [-0.4, -0.2) is 77.9 Å². The van der Waals surface area contributed by atoms with E-state index in [9.17, 15) is 18.3 Å². The van der Waals surface area contributed by atoms with E-state index in [0.29, 0.717) is 57.8 Å². The Morgan fingerprint density at radius 2 is 1.92 bits per heavy atom. The quantitative estimate of drug-likeness (QED) is 0.341. The predicted octanol–water partition coefficient (Wildman–Crippen LogP) is 5.69. The van der Waals surface area contributed by atoms with Crippen molar-refractivity contribution in [3.05, 3.63) is 81.9 Å². The maximum absolute atomic E-state index is 13.6. The van der Waals surface area contributed by atoms with Gasteiger partial charge in [-0.1, -0.05) is 31.0 Å². The van der Waals surface area contributed by atoms with Crippen LogP contribution in [0.3, 0.4) is 0 Å². The number of aliphatic hydroxyl groups is 1. The molecule has 2 aromatic carbocycles. The zero-order chi connectivity index (χ0) is 36.3. The van der Waals surface area contributed by atoms with E-state index in [1.807, 2.05) is 25.3 Å². The van der Waals surface area contributed by atoms with Gasteiger partial charge in [0.1, 0.15) is 12.1 Å². The molecule has 2 bridgehead atoms. The van der Waals surface area contributed by atoms with E-state index in [1.165, 1.54) is 16.7 Å². The third kappa shape index (κ3) is 6.71. The van der Waals surface area contributed by atoms with Gasteiger partial charge in [-0.25, -0.2) is 23.1 Å². The Morgan fingerprint density at radius 3 is 2.75 bits per heavy atom. The van der Waals surface area contributed by atoms with Crippen molar-refractivity contribution < 1.29 is 23.1 Å². The summed E-state index contributed by atoms with van der Waals surface area (Å²) in [5, 5.41) is 12.8. The zero-order valence-corrected chi connectivity index (χ0v) is 31.8.